The third-order valence-corrected chi connectivity index (χ3v) is 2.55. The first-order valence-electron chi connectivity index (χ1n) is 7.04. The number of hydrogen-bond acceptors (Lipinski definition) is 4. The van der Waals surface area contributed by atoms with E-state index >= 15 is 0 Å². The third-order valence-electron chi connectivity index (χ3n) is 2.55. The molecule has 0 fully saturated rings. The second kappa shape index (κ2) is 10.1. The zero-order chi connectivity index (χ0) is 15.5. The molecule has 4 nitrogen and oxygen atoms in total. The maximum absolute atomic E-state index is 11.6. The van der Waals surface area contributed by atoms with Crippen LogP contribution in [0, 0.1) is 5.92 Å². The van der Waals surface area contributed by atoms with Crippen LogP contribution < -0.4 is 4.74 Å². The molecule has 0 aliphatic carbocycles. The lowest BCUT2D eigenvalue weighted by molar-refractivity contribution is -0.143. The molecular formula is C16H26O4. The first-order valence-corrected chi connectivity index (χ1v) is 7.04. The van der Waals surface area contributed by atoms with Crippen molar-refractivity contribution in [1.29, 1.82) is 0 Å². The number of carbonyl (C=O) groups is 1. The Labute approximate surface area is 121 Å². The molecule has 0 aliphatic rings. The normalized spacial score (nSPS) is 9.70. The monoisotopic (exact) mass is 282 g/mol. The summed E-state index contributed by atoms with van der Waals surface area (Å²) in [5, 5.41) is 9.43. The molecule has 114 valence electrons. The van der Waals surface area contributed by atoms with Crippen molar-refractivity contribution in [2.75, 3.05) is 13.7 Å². The van der Waals surface area contributed by atoms with Crippen LogP contribution in [0.5, 0.6) is 11.5 Å². The topological polar surface area (TPSA) is 55.8 Å². The number of aromatic hydroxyl groups is 1. The Morgan fingerprint density at radius 3 is 2.50 bits per heavy atom. The molecule has 1 rings (SSSR count). The van der Waals surface area contributed by atoms with Crippen LogP contribution in [0.3, 0.4) is 0 Å². The molecule has 0 radical (unpaired) electrons. The molecule has 0 atom stereocenters. The van der Waals surface area contributed by atoms with Crippen molar-refractivity contribution in [3.05, 3.63) is 23.8 Å². The maximum Gasteiger partial charge on any atom is 0.310 e. The average molecular weight is 282 g/mol. The Bertz CT molecular complexity index is 399. The molecule has 4 heteroatoms. The Kier molecular flexibility index (Phi) is 9.26. The van der Waals surface area contributed by atoms with Crippen LogP contribution in [0.2, 0.25) is 0 Å². The van der Waals surface area contributed by atoms with Crippen LogP contribution in [-0.2, 0) is 16.0 Å². The highest BCUT2D eigenvalue weighted by atomic mass is 16.5. The van der Waals surface area contributed by atoms with E-state index in [1.54, 1.807) is 12.1 Å². The van der Waals surface area contributed by atoms with Gasteiger partial charge in [-0.2, -0.15) is 0 Å². The van der Waals surface area contributed by atoms with Crippen molar-refractivity contribution in [2.24, 2.45) is 5.92 Å². The number of methoxy groups -OCH3 is 1. The number of hydrogen-bond donors (Lipinski definition) is 1. The summed E-state index contributed by atoms with van der Waals surface area (Å²) in [6.07, 6.45) is 1.05. The van der Waals surface area contributed by atoms with Crippen LogP contribution >= 0.6 is 0 Å². The number of benzene rings is 1. The fourth-order valence-electron chi connectivity index (χ4n) is 1.46. The SMILES string of the molecule is CC.COc1cc(CC(=O)OCCC(C)C)ccc1O. The number of phenols is 1. The Balaban J connectivity index is 0.00000172. The second-order valence-corrected chi connectivity index (χ2v) is 4.59. The summed E-state index contributed by atoms with van der Waals surface area (Å²) in [6, 6.07) is 4.83. The van der Waals surface area contributed by atoms with Crippen molar-refractivity contribution < 1.29 is 19.4 Å². The predicted octanol–water partition coefficient (Wildman–Crippen LogP) is 3.56. The lowest BCUT2D eigenvalue weighted by Crippen LogP contribution is -2.10. The van der Waals surface area contributed by atoms with Gasteiger partial charge in [0.15, 0.2) is 11.5 Å². The van der Waals surface area contributed by atoms with Gasteiger partial charge in [0.2, 0.25) is 0 Å². The zero-order valence-electron chi connectivity index (χ0n) is 13.1. The summed E-state index contributed by atoms with van der Waals surface area (Å²) < 4.78 is 10.1. The minimum Gasteiger partial charge on any atom is -0.504 e. The van der Waals surface area contributed by atoms with E-state index in [4.69, 9.17) is 9.47 Å². The highest BCUT2D eigenvalue weighted by molar-refractivity contribution is 5.72. The van der Waals surface area contributed by atoms with Gasteiger partial charge in [0.25, 0.3) is 0 Å². The number of esters is 1. The van der Waals surface area contributed by atoms with E-state index in [1.165, 1.54) is 13.2 Å². The largest absolute Gasteiger partial charge is 0.504 e. The summed E-state index contributed by atoms with van der Waals surface area (Å²) in [4.78, 5) is 11.6. The molecule has 1 N–H and O–H groups in total. The Hall–Kier alpha value is -1.71. The van der Waals surface area contributed by atoms with E-state index in [2.05, 4.69) is 13.8 Å². The summed E-state index contributed by atoms with van der Waals surface area (Å²) in [6.45, 7) is 8.61. The predicted molar refractivity (Wildman–Crippen MR) is 80.1 cm³/mol. The Morgan fingerprint density at radius 1 is 1.30 bits per heavy atom. The molecular weight excluding hydrogens is 256 g/mol. The van der Waals surface area contributed by atoms with Gasteiger partial charge in [0, 0.05) is 0 Å². The Morgan fingerprint density at radius 2 is 1.95 bits per heavy atom. The van der Waals surface area contributed by atoms with Crippen LogP contribution in [-0.4, -0.2) is 24.8 Å². The molecule has 1 aromatic rings. The highest BCUT2D eigenvalue weighted by Gasteiger charge is 2.08. The number of carbonyl (C=O) groups excluding carboxylic acids is 1. The molecule has 0 saturated heterocycles. The highest BCUT2D eigenvalue weighted by Crippen LogP contribution is 2.26. The van der Waals surface area contributed by atoms with Gasteiger partial charge in [0.1, 0.15) is 0 Å². The van der Waals surface area contributed by atoms with Crippen molar-refractivity contribution in [3.8, 4) is 11.5 Å². The van der Waals surface area contributed by atoms with Gasteiger partial charge < -0.3 is 14.6 Å². The van der Waals surface area contributed by atoms with Gasteiger partial charge in [-0.3, -0.25) is 4.79 Å². The molecule has 0 heterocycles. The summed E-state index contributed by atoms with van der Waals surface area (Å²) in [5.74, 6) is 0.687. The minimum absolute atomic E-state index is 0.0643. The van der Waals surface area contributed by atoms with Crippen molar-refractivity contribution in [3.63, 3.8) is 0 Å². The molecule has 0 aliphatic heterocycles. The van der Waals surface area contributed by atoms with E-state index in [0.29, 0.717) is 18.3 Å². The smallest absolute Gasteiger partial charge is 0.310 e. The third kappa shape index (κ3) is 7.02. The molecule has 20 heavy (non-hydrogen) atoms. The van der Waals surface area contributed by atoms with Crippen LogP contribution in [0.4, 0.5) is 0 Å². The van der Waals surface area contributed by atoms with Gasteiger partial charge >= 0.3 is 5.97 Å². The van der Waals surface area contributed by atoms with Gasteiger partial charge in [0.05, 0.1) is 20.1 Å². The fraction of sp³-hybridized carbons (Fsp3) is 0.562. The summed E-state index contributed by atoms with van der Waals surface area (Å²) in [5.41, 5.74) is 0.763. The summed E-state index contributed by atoms with van der Waals surface area (Å²) >= 11 is 0. The minimum atomic E-state index is -0.261. The van der Waals surface area contributed by atoms with Gasteiger partial charge in [-0.1, -0.05) is 33.8 Å². The van der Waals surface area contributed by atoms with Crippen molar-refractivity contribution >= 4 is 5.97 Å². The molecule has 0 amide bonds. The molecule has 0 spiro atoms. The van der Waals surface area contributed by atoms with Crippen LogP contribution in [0.1, 0.15) is 39.7 Å². The van der Waals surface area contributed by atoms with E-state index in [0.717, 1.165) is 12.0 Å². The number of phenolic OH excluding ortho intramolecular Hbond substituents is 1. The zero-order valence-corrected chi connectivity index (χ0v) is 13.1. The van der Waals surface area contributed by atoms with E-state index in [9.17, 15) is 9.90 Å². The van der Waals surface area contributed by atoms with Crippen LogP contribution in [0.25, 0.3) is 0 Å². The van der Waals surface area contributed by atoms with E-state index < -0.39 is 0 Å². The second-order valence-electron chi connectivity index (χ2n) is 4.59. The van der Waals surface area contributed by atoms with Crippen LogP contribution in [0.15, 0.2) is 18.2 Å². The lowest BCUT2D eigenvalue weighted by atomic mass is 10.1. The van der Waals surface area contributed by atoms with Crippen molar-refractivity contribution in [1.82, 2.24) is 0 Å². The summed E-state index contributed by atoms with van der Waals surface area (Å²) in [7, 11) is 1.47. The van der Waals surface area contributed by atoms with Gasteiger partial charge in [-0.15, -0.1) is 0 Å². The first-order chi connectivity index (χ1) is 9.52. The van der Waals surface area contributed by atoms with Crippen molar-refractivity contribution in [2.45, 2.75) is 40.5 Å². The quantitative estimate of drug-likeness (QED) is 0.811. The molecule has 0 bridgehead atoms. The van der Waals surface area contributed by atoms with Gasteiger partial charge in [-0.05, 0) is 30.0 Å². The molecule has 1 aromatic carbocycles. The number of rotatable bonds is 6. The van der Waals surface area contributed by atoms with E-state index in [-0.39, 0.29) is 18.1 Å². The first kappa shape index (κ1) is 18.3. The average Bonchev–Trinajstić information content (AvgIpc) is 2.42. The molecule has 0 saturated carbocycles. The number of ether oxygens (including phenoxy) is 2. The van der Waals surface area contributed by atoms with Gasteiger partial charge in [-0.25, -0.2) is 0 Å². The molecule has 0 unspecified atom stereocenters. The standard InChI is InChI=1S/C14H20O4.C2H6/c1-10(2)6-7-18-14(16)9-11-4-5-12(15)13(8-11)17-3;1-2/h4-5,8,10,15H,6-7,9H2,1-3H3;1-2H3. The lowest BCUT2D eigenvalue weighted by Gasteiger charge is -2.08. The maximum atomic E-state index is 11.6. The van der Waals surface area contributed by atoms with E-state index in [1.807, 2.05) is 13.8 Å². The molecule has 0 aromatic heterocycles. The fourth-order valence-corrected chi connectivity index (χ4v) is 1.46.